The second-order valence-corrected chi connectivity index (χ2v) is 4.18. The zero-order valence-corrected chi connectivity index (χ0v) is 7.57. The number of nitrogens with zero attached hydrogens (tertiary/aromatic N) is 1. The van der Waals surface area contributed by atoms with Gasteiger partial charge in [0.25, 0.3) is 0 Å². The minimum atomic E-state index is -0.379. The minimum absolute atomic E-state index is 0.00694. The number of hydrogen-bond donors (Lipinski definition) is 1. The number of allylic oxidation sites excluding steroid dienone is 2. The van der Waals surface area contributed by atoms with E-state index in [1.54, 1.807) is 6.08 Å². The highest BCUT2D eigenvalue weighted by atomic mass is 35.5. The van der Waals surface area contributed by atoms with Crippen LogP contribution in [0.15, 0.2) is 28.0 Å². The Morgan fingerprint density at radius 2 is 2.33 bits per heavy atom. The SMILES string of the molecule is NC1=NC2C=C(Cl)C(F)=CC2S1. The van der Waals surface area contributed by atoms with Gasteiger partial charge >= 0.3 is 0 Å². The average Bonchev–Trinajstić information content (AvgIpc) is 2.30. The van der Waals surface area contributed by atoms with Crippen molar-refractivity contribution in [3.63, 3.8) is 0 Å². The van der Waals surface area contributed by atoms with Gasteiger partial charge in [0.15, 0.2) is 5.17 Å². The number of hydrogen-bond acceptors (Lipinski definition) is 3. The van der Waals surface area contributed by atoms with E-state index in [0.29, 0.717) is 5.17 Å². The molecule has 12 heavy (non-hydrogen) atoms. The van der Waals surface area contributed by atoms with Crippen LogP contribution >= 0.6 is 23.4 Å². The van der Waals surface area contributed by atoms with Crippen LogP contribution in [-0.4, -0.2) is 16.5 Å². The quantitative estimate of drug-likeness (QED) is 0.653. The Morgan fingerprint density at radius 3 is 3.08 bits per heavy atom. The number of aliphatic imine (C=N–C) groups is 1. The third-order valence-corrected chi connectivity index (χ3v) is 3.07. The van der Waals surface area contributed by atoms with Crippen molar-refractivity contribution < 1.29 is 4.39 Å². The molecule has 0 aromatic rings. The average molecular weight is 205 g/mol. The molecule has 1 aliphatic heterocycles. The molecule has 0 aromatic heterocycles. The molecule has 2 unspecified atom stereocenters. The Balaban J connectivity index is 2.30. The Kier molecular flexibility index (Phi) is 1.88. The molecule has 2 N–H and O–H groups in total. The van der Waals surface area contributed by atoms with Gasteiger partial charge in [0, 0.05) is 0 Å². The number of amidine groups is 1. The molecule has 2 nitrogen and oxygen atoms in total. The second kappa shape index (κ2) is 2.78. The van der Waals surface area contributed by atoms with Gasteiger partial charge in [-0.1, -0.05) is 23.4 Å². The zero-order chi connectivity index (χ0) is 8.72. The van der Waals surface area contributed by atoms with Gasteiger partial charge in [-0.3, -0.25) is 4.99 Å². The standard InChI is InChI=1S/C7H6ClFN2S/c8-3-1-5-6(2-4(3)9)12-7(10)11-5/h1-2,5-6H,(H2,10,11). The van der Waals surface area contributed by atoms with Crippen molar-refractivity contribution in [3.8, 4) is 0 Å². The molecular formula is C7H6ClFN2S. The van der Waals surface area contributed by atoms with Gasteiger partial charge < -0.3 is 5.73 Å². The maximum atomic E-state index is 12.9. The van der Waals surface area contributed by atoms with Crippen LogP contribution in [0.4, 0.5) is 4.39 Å². The van der Waals surface area contributed by atoms with Gasteiger partial charge in [-0.15, -0.1) is 0 Å². The van der Waals surface area contributed by atoms with Crippen molar-refractivity contribution in [3.05, 3.63) is 23.0 Å². The number of halogens is 2. The van der Waals surface area contributed by atoms with E-state index in [-0.39, 0.29) is 22.2 Å². The highest BCUT2D eigenvalue weighted by Crippen LogP contribution is 2.35. The summed E-state index contributed by atoms with van der Waals surface area (Å²) in [7, 11) is 0. The van der Waals surface area contributed by atoms with Crippen LogP contribution in [0.5, 0.6) is 0 Å². The van der Waals surface area contributed by atoms with Crippen LogP contribution in [0.25, 0.3) is 0 Å². The third kappa shape index (κ3) is 1.25. The summed E-state index contributed by atoms with van der Waals surface area (Å²) in [6.07, 6.45) is 3.05. The molecule has 64 valence electrons. The summed E-state index contributed by atoms with van der Waals surface area (Å²) < 4.78 is 12.9. The van der Waals surface area contributed by atoms with E-state index in [9.17, 15) is 4.39 Å². The summed E-state index contributed by atoms with van der Waals surface area (Å²) in [6, 6.07) is -0.0815. The molecule has 2 aliphatic rings. The van der Waals surface area contributed by atoms with E-state index in [4.69, 9.17) is 17.3 Å². The van der Waals surface area contributed by atoms with Crippen molar-refractivity contribution in [1.29, 1.82) is 0 Å². The predicted octanol–water partition coefficient (Wildman–Crippen LogP) is 1.77. The van der Waals surface area contributed by atoms with Crippen LogP contribution in [0.1, 0.15) is 0 Å². The lowest BCUT2D eigenvalue weighted by molar-refractivity contribution is 0.641. The smallest absolute Gasteiger partial charge is 0.155 e. The molecule has 5 heteroatoms. The topological polar surface area (TPSA) is 38.4 Å². The molecule has 0 bridgehead atoms. The molecule has 0 spiro atoms. The van der Waals surface area contributed by atoms with Crippen molar-refractivity contribution in [2.75, 3.05) is 0 Å². The molecule has 1 aliphatic carbocycles. The van der Waals surface area contributed by atoms with E-state index in [1.165, 1.54) is 17.8 Å². The van der Waals surface area contributed by atoms with E-state index < -0.39 is 0 Å². The molecule has 0 saturated heterocycles. The van der Waals surface area contributed by atoms with Crippen LogP contribution < -0.4 is 5.73 Å². The van der Waals surface area contributed by atoms with Crippen molar-refractivity contribution in [2.45, 2.75) is 11.3 Å². The fourth-order valence-corrected chi connectivity index (χ4v) is 2.30. The van der Waals surface area contributed by atoms with Gasteiger partial charge in [0.2, 0.25) is 0 Å². The van der Waals surface area contributed by atoms with Crippen molar-refractivity contribution in [2.24, 2.45) is 10.7 Å². The first kappa shape index (κ1) is 8.13. The molecular weight excluding hydrogens is 199 g/mol. The predicted molar refractivity (Wildman–Crippen MR) is 49.9 cm³/mol. The number of nitrogens with two attached hydrogens (primary N) is 1. The summed E-state index contributed by atoms with van der Waals surface area (Å²) in [5, 5.41) is 0.625. The molecule has 1 heterocycles. The molecule has 0 radical (unpaired) electrons. The first-order valence-corrected chi connectivity index (χ1v) is 4.67. The van der Waals surface area contributed by atoms with Crippen LogP contribution in [0, 0.1) is 0 Å². The largest absolute Gasteiger partial charge is 0.379 e. The number of thioether (sulfide) groups is 1. The monoisotopic (exact) mass is 204 g/mol. The molecule has 0 aromatic carbocycles. The third-order valence-electron chi connectivity index (χ3n) is 1.73. The highest BCUT2D eigenvalue weighted by molar-refractivity contribution is 8.14. The van der Waals surface area contributed by atoms with Gasteiger partial charge in [0.05, 0.1) is 16.3 Å². The lowest BCUT2D eigenvalue weighted by Gasteiger charge is -2.14. The Hall–Kier alpha value is -0.480. The van der Waals surface area contributed by atoms with Gasteiger partial charge in [-0.25, -0.2) is 4.39 Å². The van der Waals surface area contributed by atoms with E-state index in [0.717, 1.165) is 0 Å². The molecule has 0 fully saturated rings. The summed E-state index contributed by atoms with van der Waals surface area (Å²) >= 11 is 6.94. The maximum Gasteiger partial charge on any atom is 0.155 e. The van der Waals surface area contributed by atoms with Gasteiger partial charge in [-0.2, -0.15) is 0 Å². The van der Waals surface area contributed by atoms with Gasteiger partial charge in [-0.05, 0) is 12.2 Å². The lowest BCUT2D eigenvalue weighted by atomic mass is 10.1. The van der Waals surface area contributed by atoms with E-state index in [2.05, 4.69) is 4.99 Å². The zero-order valence-electron chi connectivity index (χ0n) is 6.00. The maximum absolute atomic E-state index is 12.9. The van der Waals surface area contributed by atoms with Crippen LogP contribution in [0.3, 0.4) is 0 Å². The van der Waals surface area contributed by atoms with E-state index in [1.807, 2.05) is 0 Å². The number of rotatable bonds is 0. The molecule has 2 atom stereocenters. The Labute approximate surface area is 78.4 Å². The minimum Gasteiger partial charge on any atom is -0.379 e. The first-order valence-electron chi connectivity index (χ1n) is 3.42. The van der Waals surface area contributed by atoms with Gasteiger partial charge in [0.1, 0.15) is 5.83 Å². The van der Waals surface area contributed by atoms with E-state index >= 15 is 0 Å². The fraction of sp³-hybridized carbons (Fsp3) is 0.286. The van der Waals surface area contributed by atoms with Crippen LogP contribution in [-0.2, 0) is 0 Å². The molecule has 2 rings (SSSR count). The van der Waals surface area contributed by atoms with Crippen molar-refractivity contribution in [1.82, 2.24) is 0 Å². The number of fused-ring (bicyclic) bond motifs is 1. The Bertz CT molecular complexity index is 311. The summed E-state index contributed by atoms with van der Waals surface area (Å²) in [5.74, 6) is -0.379. The molecule has 0 saturated carbocycles. The summed E-state index contributed by atoms with van der Waals surface area (Å²) in [6.45, 7) is 0. The summed E-state index contributed by atoms with van der Waals surface area (Å²) in [5.41, 5.74) is 5.47. The normalized spacial score (nSPS) is 33.7. The highest BCUT2D eigenvalue weighted by Gasteiger charge is 2.30. The first-order chi connectivity index (χ1) is 5.66. The second-order valence-electron chi connectivity index (χ2n) is 2.57. The molecule has 0 amide bonds. The Morgan fingerprint density at radius 1 is 1.58 bits per heavy atom. The lowest BCUT2D eigenvalue weighted by Crippen LogP contribution is -2.16. The summed E-state index contributed by atoms with van der Waals surface area (Å²) in [4.78, 5) is 4.08. The van der Waals surface area contributed by atoms with Crippen LogP contribution in [0.2, 0.25) is 0 Å². The fourth-order valence-electron chi connectivity index (χ4n) is 1.18. The van der Waals surface area contributed by atoms with Crippen molar-refractivity contribution >= 4 is 28.5 Å².